The number of rotatable bonds is 6. The molecule has 1 fully saturated rings. The molecule has 5 heteroatoms. The maximum Gasteiger partial charge on any atom is 0.170 e. The van der Waals surface area contributed by atoms with E-state index in [9.17, 15) is 0 Å². The van der Waals surface area contributed by atoms with Gasteiger partial charge < -0.3 is 20.1 Å². The summed E-state index contributed by atoms with van der Waals surface area (Å²) in [6.07, 6.45) is 2.51. The van der Waals surface area contributed by atoms with E-state index in [1.807, 2.05) is 54.6 Å². The second-order valence-electron chi connectivity index (χ2n) is 5.77. The van der Waals surface area contributed by atoms with Crippen LogP contribution in [0.25, 0.3) is 0 Å². The molecule has 4 nitrogen and oxygen atoms in total. The molecule has 3 rings (SSSR count). The highest BCUT2D eigenvalue weighted by atomic mass is 32.1. The number of ether oxygens (including phenoxy) is 2. The monoisotopic (exact) mass is 342 g/mol. The molecule has 1 saturated heterocycles. The SMILES string of the molecule is S=C(NCC1CCCO1)Nc1ccc(OCc2ccccc2)cc1. The first kappa shape index (κ1) is 16.7. The average molecular weight is 342 g/mol. The first-order valence-corrected chi connectivity index (χ1v) is 8.64. The zero-order valence-corrected chi connectivity index (χ0v) is 14.4. The lowest BCUT2D eigenvalue weighted by Crippen LogP contribution is -2.34. The number of hydrogen-bond donors (Lipinski definition) is 2. The fraction of sp³-hybridized carbons (Fsp3) is 0.316. The largest absolute Gasteiger partial charge is 0.489 e. The van der Waals surface area contributed by atoms with E-state index in [4.69, 9.17) is 21.7 Å². The Labute approximate surface area is 148 Å². The van der Waals surface area contributed by atoms with E-state index in [1.165, 1.54) is 0 Å². The van der Waals surface area contributed by atoms with Gasteiger partial charge in [-0.2, -0.15) is 0 Å². The van der Waals surface area contributed by atoms with Crippen molar-refractivity contribution in [2.75, 3.05) is 18.5 Å². The summed E-state index contributed by atoms with van der Waals surface area (Å²) in [5, 5.41) is 6.99. The molecule has 0 aromatic heterocycles. The van der Waals surface area contributed by atoms with Crippen LogP contribution in [0.2, 0.25) is 0 Å². The number of benzene rings is 2. The van der Waals surface area contributed by atoms with Crippen LogP contribution in [0.3, 0.4) is 0 Å². The Balaban J connectivity index is 1.42. The Morgan fingerprint density at radius 1 is 1.12 bits per heavy atom. The molecule has 0 saturated carbocycles. The summed E-state index contributed by atoms with van der Waals surface area (Å²) in [6, 6.07) is 17.9. The minimum atomic E-state index is 0.276. The molecule has 2 N–H and O–H groups in total. The van der Waals surface area contributed by atoms with E-state index in [2.05, 4.69) is 10.6 Å². The summed E-state index contributed by atoms with van der Waals surface area (Å²) >= 11 is 5.31. The molecule has 24 heavy (non-hydrogen) atoms. The summed E-state index contributed by atoms with van der Waals surface area (Å²) in [7, 11) is 0. The van der Waals surface area contributed by atoms with Crippen LogP contribution in [-0.4, -0.2) is 24.4 Å². The van der Waals surface area contributed by atoms with E-state index in [0.717, 1.165) is 43.0 Å². The summed E-state index contributed by atoms with van der Waals surface area (Å²) in [5.41, 5.74) is 2.09. The minimum absolute atomic E-state index is 0.276. The quantitative estimate of drug-likeness (QED) is 0.783. The fourth-order valence-electron chi connectivity index (χ4n) is 2.56. The number of anilines is 1. The Hall–Kier alpha value is -2.11. The Bertz CT molecular complexity index is 640. The number of thiocarbonyl (C=S) groups is 1. The molecule has 1 aliphatic heterocycles. The van der Waals surface area contributed by atoms with Crippen LogP contribution in [0.1, 0.15) is 18.4 Å². The Kier molecular flexibility index (Phi) is 6.04. The Morgan fingerprint density at radius 3 is 2.62 bits per heavy atom. The molecule has 1 aliphatic rings. The molecule has 0 aliphatic carbocycles. The molecular formula is C19H22N2O2S. The first-order chi connectivity index (χ1) is 11.8. The van der Waals surface area contributed by atoms with Gasteiger partial charge in [-0.1, -0.05) is 30.3 Å². The van der Waals surface area contributed by atoms with E-state index < -0.39 is 0 Å². The second kappa shape index (κ2) is 8.66. The Morgan fingerprint density at radius 2 is 1.92 bits per heavy atom. The summed E-state index contributed by atoms with van der Waals surface area (Å²) in [4.78, 5) is 0. The molecule has 1 atom stereocenters. The lowest BCUT2D eigenvalue weighted by atomic mass is 10.2. The summed E-state index contributed by atoms with van der Waals surface area (Å²) in [6.45, 7) is 2.18. The average Bonchev–Trinajstić information content (AvgIpc) is 3.14. The van der Waals surface area contributed by atoms with Crippen LogP contribution < -0.4 is 15.4 Å². The van der Waals surface area contributed by atoms with Crippen LogP contribution >= 0.6 is 12.2 Å². The smallest absolute Gasteiger partial charge is 0.170 e. The van der Waals surface area contributed by atoms with Gasteiger partial charge in [-0.15, -0.1) is 0 Å². The maximum atomic E-state index is 5.77. The van der Waals surface area contributed by atoms with Gasteiger partial charge in [0, 0.05) is 18.8 Å². The van der Waals surface area contributed by atoms with Crippen LogP contribution in [-0.2, 0) is 11.3 Å². The van der Waals surface area contributed by atoms with Gasteiger partial charge in [-0.05, 0) is 54.9 Å². The molecule has 126 valence electrons. The highest BCUT2D eigenvalue weighted by Gasteiger charge is 2.15. The third kappa shape index (κ3) is 5.22. The maximum absolute atomic E-state index is 5.77. The van der Waals surface area contributed by atoms with Crippen molar-refractivity contribution in [1.29, 1.82) is 0 Å². The zero-order chi connectivity index (χ0) is 16.6. The third-order valence-corrected chi connectivity index (χ3v) is 4.12. The van der Waals surface area contributed by atoms with E-state index in [-0.39, 0.29) is 6.10 Å². The van der Waals surface area contributed by atoms with Gasteiger partial charge in [0.05, 0.1) is 6.10 Å². The van der Waals surface area contributed by atoms with Crippen molar-refractivity contribution in [3.05, 3.63) is 60.2 Å². The third-order valence-electron chi connectivity index (χ3n) is 3.87. The van der Waals surface area contributed by atoms with Crippen LogP contribution in [0, 0.1) is 0 Å². The highest BCUT2D eigenvalue weighted by Crippen LogP contribution is 2.17. The van der Waals surface area contributed by atoms with Crippen molar-refractivity contribution < 1.29 is 9.47 Å². The normalized spacial score (nSPS) is 16.6. The van der Waals surface area contributed by atoms with Gasteiger partial charge >= 0.3 is 0 Å². The standard InChI is InChI=1S/C19H22N2O2S/c24-19(20-13-18-7-4-12-22-18)21-16-8-10-17(11-9-16)23-14-15-5-2-1-3-6-15/h1-3,5-6,8-11,18H,4,7,12-14H2,(H2,20,21,24). The van der Waals surface area contributed by atoms with Gasteiger partial charge in [0.2, 0.25) is 0 Å². The predicted molar refractivity (Wildman–Crippen MR) is 100 cm³/mol. The van der Waals surface area contributed by atoms with Crippen LogP contribution in [0.4, 0.5) is 5.69 Å². The zero-order valence-electron chi connectivity index (χ0n) is 13.5. The number of nitrogens with one attached hydrogen (secondary N) is 2. The van der Waals surface area contributed by atoms with Crippen LogP contribution in [0.15, 0.2) is 54.6 Å². The van der Waals surface area contributed by atoms with Crippen molar-refractivity contribution in [1.82, 2.24) is 5.32 Å². The molecule has 1 unspecified atom stereocenters. The fourth-order valence-corrected chi connectivity index (χ4v) is 2.76. The van der Waals surface area contributed by atoms with Crippen molar-refractivity contribution in [3.63, 3.8) is 0 Å². The van der Waals surface area contributed by atoms with E-state index in [1.54, 1.807) is 0 Å². The van der Waals surface area contributed by atoms with Crippen molar-refractivity contribution in [2.45, 2.75) is 25.6 Å². The second-order valence-corrected chi connectivity index (χ2v) is 6.18. The van der Waals surface area contributed by atoms with Gasteiger partial charge in [0.25, 0.3) is 0 Å². The van der Waals surface area contributed by atoms with Gasteiger partial charge in [0.15, 0.2) is 5.11 Å². The molecule has 0 amide bonds. The summed E-state index contributed by atoms with van der Waals surface area (Å²) in [5.74, 6) is 0.836. The highest BCUT2D eigenvalue weighted by molar-refractivity contribution is 7.80. The van der Waals surface area contributed by atoms with Crippen molar-refractivity contribution >= 4 is 23.0 Å². The molecule has 2 aromatic carbocycles. The van der Waals surface area contributed by atoms with Gasteiger partial charge in [0.1, 0.15) is 12.4 Å². The van der Waals surface area contributed by atoms with Crippen molar-refractivity contribution in [2.24, 2.45) is 0 Å². The molecule has 2 aromatic rings. The van der Waals surface area contributed by atoms with Crippen LogP contribution in [0.5, 0.6) is 5.75 Å². The first-order valence-electron chi connectivity index (χ1n) is 8.23. The topological polar surface area (TPSA) is 42.5 Å². The lowest BCUT2D eigenvalue weighted by Gasteiger charge is -2.14. The van der Waals surface area contributed by atoms with Crippen molar-refractivity contribution in [3.8, 4) is 5.75 Å². The predicted octanol–water partition coefficient (Wildman–Crippen LogP) is 3.73. The minimum Gasteiger partial charge on any atom is -0.489 e. The molecule has 0 radical (unpaired) electrons. The van der Waals surface area contributed by atoms with E-state index in [0.29, 0.717) is 11.7 Å². The molecular weight excluding hydrogens is 320 g/mol. The molecule has 1 heterocycles. The molecule has 0 bridgehead atoms. The lowest BCUT2D eigenvalue weighted by molar-refractivity contribution is 0.114. The summed E-state index contributed by atoms with van der Waals surface area (Å²) < 4.78 is 11.3. The van der Waals surface area contributed by atoms with Gasteiger partial charge in [-0.25, -0.2) is 0 Å². The number of hydrogen-bond acceptors (Lipinski definition) is 3. The molecule has 0 spiro atoms. The van der Waals surface area contributed by atoms with E-state index >= 15 is 0 Å². The van der Waals surface area contributed by atoms with Gasteiger partial charge in [-0.3, -0.25) is 0 Å².